The summed E-state index contributed by atoms with van der Waals surface area (Å²) in [5.41, 5.74) is 4.42. The fourth-order valence-corrected chi connectivity index (χ4v) is 1.83. The van der Waals surface area contributed by atoms with Crippen LogP contribution in [0.1, 0.15) is 20.8 Å². The van der Waals surface area contributed by atoms with E-state index < -0.39 is 11.4 Å². The van der Waals surface area contributed by atoms with Crippen molar-refractivity contribution in [1.29, 1.82) is 0 Å². The fourth-order valence-electron chi connectivity index (χ4n) is 1.64. The minimum absolute atomic E-state index is 0.0177. The Bertz CT molecular complexity index is 391. The van der Waals surface area contributed by atoms with Crippen LogP contribution in [-0.4, -0.2) is 28.3 Å². The first-order chi connectivity index (χ1) is 7.30. The second-order valence-corrected chi connectivity index (χ2v) is 4.29. The molecule has 1 aliphatic heterocycles. The Morgan fingerprint density at radius 2 is 2.19 bits per heavy atom. The van der Waals surface area contributed by atoms with Gasteiger partial charge in [0.1, 0.15) is 5.84 Å². The fraction of sp³-hybridized carbons (Fsp3) is 0.556. The number of nitrogens with zero attached hydrogens (tertiary/aromatic N) is 1. The summed E-state index contributed by atoms with van der Waals surface area (Å²) in [5, 5.41) is 4.96. The van der Waals surface area contributed by atoms with Gasteiger partial charge in [0.2, 0.25) is 11.0 Å². The Kier molecular flexibility index (Phi) is 3.27. The minimum Gasteiger partial charge on any atom is -0.385 e. The van der Waals surface area contributed by atoms with E-state index in [1.54, 1.807) is 13.8 Å². The van der Waals surface area contributed by atoms with Crippen LogP contribution >= 0.6 is 12.2 Å². The number of amides is 2. The maximum atomic E-state index is 11.9. The van der Waals surface area contributed by atoms with Crippen molar-refractivity contribution in [3.8, 4) is 0 Å². The van der Waals surface area contributed by atoms with Gasteiger partial charge in [-0.05, 0) is 18.1 Å². The van der Waals surface area contributed by atoms with Gasteiger partial charge in [0.25, 0.3) is 5.91 Å². The molecule has 0 bridgehead atoms. The van der Waals surface area contributed by atoms with E-state index in [1.807, 2.05) is 0 Å². The lowest BCUT2D eigenvalue weighted by Crippen LogP contribution is -2.71. The van der Waals surface area contributed by atoms with Crippen LogP contribution in [0, 0.1) is 5.92 Å². The zero-order chi connectivity index (χ0) is 12.5. The average molecular weight is 242 g/mol. The SMILES string of the molecule is CC(=O)NC1(C(C)C)C(=O)NC(=S)N=C1N. The molecule has 0 aromatic rings. The van der Waals surface area contributed by atoms with Crippen molar-refractivity contribution in [3.05, 3.63) is 0 Å². The van der Waals surface area contributed by atoms with Crippen LogP contribution in [0.15, 0.2) is 4.99 Å². The smallest absolute Gasteiger partial charge is 0.260 e. The summed E-state index contributed by atoms with van der Waals surface area (Å²) in [6.45, 7) is 4.86. The van der Waals surface area contributed by atoms with Crippen molar-refractivity contribution >= 4 is 35.0 Å². The number of hydrogen-bond acceptors (Lipinski definition) is 4. The standard InChI is InChI=1S/C9H14N4O2S/c1-4(2)9(13-5(3)14)6(10)11-8(16)12-7(9)15/h4H,1-3H3,(H,13,14)(H3,10,11,12,15,16). The Morgan fingerprint density at radius 1 is 1.62 bits per heavy atom. The molecule has 0 aromatic heterocycles. The lowest BCUT2D eigenvalue weighted by molar-refractivity contribution is -0.130. The molecule has 4 N–H and O–H groups in total. The molecule has 7 heteroatoms. The van der Waals surface area contributed by atoms with E-state index >= 15 is 0 Å². The molecule has 0 radical (unpaired) electrons. The van der Waals surface area contributed by atoms with E-state index in [0.29, 0.717) is 0 Å². The van der Waals surface area contributed by atoms with Crippen molar-refractivity contribution in [2.24, 2.45) is 16.6 Å². The van der Waals surface area contributed by atoms with E-state index in [-0.39, 0.29) is 22.8 Å². The van der Waals surface area contributed by atoms with Crippen LogP contribution in [0.5, 0.6) is 0 Å². The molecular weight excluding hydrogens is 228 g/mol. The molecule has 0 spiro atoms. The molecular formula is C9H14N4O2S. The highest BCUT2D eigenvalue weighted by Gasteiger charge is 2.48. The molecule has 6 nitrogen and oxygen atoms in total. The van der Waals surface area contributed by atoms with E-state index in [9.17, 15) is 9.59 Å². The third-order valence-corrected chi connectivity index (χ3v) is 2.64. The Hall–Kier alpha value is -1.50. The van der Waals surface area contributed by atoms with E-state index in [2.05, 4.69) is 15.6 Å². The highest BCUT2D eigenvalue weighted by molar-refractivity contribution is 7.80. The minimum atomic E-state index is -1.31. The summed E-state index contributed by atoms with van der Waals surface area (Å²) in [5.74, 6) is -1.01. The van der Waals surface area contributed by atoms with Crippen molar-refractivity contribution in [1.82, 2.24) is 10.6 Å². The van der Waals surface area contributed by atoms with Gasteiger partial charge in [0, 0.05) is 6.92 Å². The number of nitrogens with one attached hydrogen (secondary N) is 2. The second kappa shape index (κ2) is 4.17. The van der Waals surface area contributed by atoms with E-state index in [1.165, 1.54) is 6.92 Å². The maximum absolute atomic E-state index is 11.9. The first-order valence-electron chi connectivity index (χ1n) is 4.79. The Morgan fingerprint density at radius 3 is 2.56 bits per heavy atom. The molecule has 2 amide bonds. The normalized spacial score (nSPS) is 25.1. The summed E-state index contributed by atoms with van der Waals surface area (Å²) in [4.78, 5) is 26.9. The molecule has 0 aliphatic carbocycles. The topological polar surface area (TPSA) is 96.6 Å². The third kappa shape index (κ3) is 1.90. The molecule has 1 atom stereocenters. The van der Waals surface area contributed by atoms with E-state index in [4.69, 9.17) is 18.0 Å². The number of aliphatic imine (C=N–C) groups is 1. The molecule has 16 heavy (non-hydrogen) atoms. The van der Waals surface area contributed by atoms with Crippen LogP contribution in [0.4, 0.5) is 0 Å². The van der Waals surface area contributed by atoms with Gasteiger partial charge in [-0.2, -0.15) is 0 Å². The predicted molar refractivity (Wildman–Crippen MR) is 63.7 cm³/mol. The molecule has 1 heterocycles. The van der Waals surface area contributed by atoms with Gasteiger partial charge in [0.15, 0.2) is 5.54 Å². The van der Waals surface area contributed by atoms with Crippen LogP contribution in [0.3, 0.4) is 0 Å². The maximum Gasteiger partial charge on any atom is 0.260 e. The van der Waals surface area contributed by atoms with Gasteiger partial charge >= 0.3 is 0 Å². The molecule has 1 unspecified atom stereocenters. The first kappa shape index (κ1) is 12.6. The molecule has 0 fully saturated rings. The molecule has 1 rings (SSSR count). The van der Waals surface area contributed by atoms with Gasteiger partial charge in [-0.1, -0.05) is 13.8 Å². The highest BCUT2D eigenvalue weighted by Crippen LogP contribution is 2.20. The second-order valence-electron chi connectivity index (χ2n) is 3.90. The quantitative estimate of drug-likeness (QED) is 0.557. The molecule has 88 valence electrons. The summed E-state index contributed by atoms with van der Waals surface area (Å²) < 4.78 is 0. The predicted octanol–water partition coefficient (Wildman–Crippen LogP) is -0.711. The Labute approximate surface area is 98.7 Å². The van der Waals surface area contributed by atoms with Crippen molar-refractivity contribution in [2.45, 2.75) is 26.3 Å². The summed E-state index contributed by atoms with van der Waals surface area (Å²) >= 11 is 4.75. The number of amidine groups is 1. The van der Waals surface area contributed by atoms with Crippen LogP contribution in [-0.2, 0) is 9.59 Å². The molecule has 0 saturated carbocycles. The largest absolute Gasteiger partial charge is 0.385 e. The average Bonchev–Trinajstić information content (AvgIpc) is 2.10. The molecule has 1 aliphatic rings. The van der Waals surface area contributed by atoms with Crippen LogP contribution < -0.4 is 16.4 Å². The lowest BCUT2D eigenvalue weighted by atomic mass is 9.83. The van der Waals surface area contributed by atoms with Crippen molar-refractivity contribution < 1.29 is 9.59 Å². The lowest BCUT2D eigenvalue weighted by Gasteiger charge is -2.37. The van der Waals surface area contributed by atoms with Crippen LogP contribution in [0.25, 0.3) is 0 Å². The monoisotopic (exact) mass is 242 g/mol. The van der Waals surface area contributed by atoms with Crippen LogP contribution in [0.2, 0.25) is 0 Å². The number of thiocarbonyl (C=S) groups is 1. The van der Waals surface area contributed by atoms with Gasteiger partial charge in [0.05, 0.1) is 0 Å². The van der Waals surface area contributed by atoms with Crippen molar-refractivity contribution in [3.63, 3.8) is 0 Å². The first-order valence-corrected chi connectivity index (χ1v) is 5.20. The number of carbonyl (C=O) groups excluding carboxylic acids is 2. The number of hydrogen-bond donors (Lipinski definition) is 3. The number of carbonyl (C=O) groups is 2. The number of rotatable bonds is 2. The summed E-state index contributed by atoms with van der Waals surface area (Å²) in [6.07, 6.45) is 0. The summed E-state index contributed by atoms with van der Waals surface area (Å²) in [7, 11) is 0. The third-order valence-electron chi connectivity index (χ3n) is 2.44. The zero-order valence-electron chi connectivity index (χ0n) is 9.33. The molecule has 0 saturated heterocycles. The van der Waals surface area contributed by atoms with Gasteiger partial charge in [-0.3, -0.25) is 14.9 Å². The van der Waals surface area contributed by atoms with Gasteiger partial charge in [-0.15, -0.1) is 0 Å². The Balaban J connectivity index is 3.27. The highest BCUT2D eigenvalue weighted by atomic mass is 32.1. The van der Waals surface area contributed by atoms with Gasteiger partial charge < -0.3 is 11.1 Å². The van der Waals surface area contributed by atoms with E-state index in [0.717, 1.165) is 0 Å². The molecule has 0 aromatic carbocycles. The zero-order valence-corrected chi connectivity index (χ0v) is 10.1. The summed E-state index contributed by atoms with van der Waals surface area (Å²) in [6, 6.07) is 0. The number of nitrogens with two attached hydrogens (primary N) is 1. The van der Waals surface area contributed by atoms with Gasteiger partial charge in [-0.25, -0.2) is 4.99 Å². The van der Waals surface area contributed by atoms with Crippen molar-refractivity contribution in [2.75, 3.05) is 0 Å².